The van der Waals surface area contributed by atoms with E-state index in [-0.39, 0.29) is 0 Å². The highest BCUT2D eigenvalue weighted by Gasteiger charge is 2.12. The zero-order chi connectivity index (χ0) is 33.2. The van der Waals surface area contributed by atoms with Crippen molar-refractivity contribution >= 4 is 56.2 Å². The first-order valence-electron chi connectivity index (χ1n) is 16.3. The molecule has 8 aromatic rings. The molecule has 6 aromatic carbocycles. The zero-order valence-corrected chi connectivity index (χ0v) is 27.4. The summed E-state index contributed by atoms with van der Waals surface area (Å²) in [6.45, 7) is 8.25. The molecule has 8 rings (SSSR count). The lowest BCUT2D eigenvalue weighted by Crippen LogP contribution is -1.94. The van der Waals surface area contributed by atoms with Gasteiger partial charge < -0.3 is 9.13 Å². The number of carbonyl (C=O) groups excluding carboxylic acids is 2. The molecule has 4 nitrogen and oxygen atoms in total. The van der Waals surface area contributed by atoms with E-state index in [0.29, 0.717) is 11.1 Å². The smallest absolute Gasteiger partial charge is 0.150 e. The molecule has 0 bridgehead atoms. The minimum Gasteiger partial charge on any atom is -0.309 e. The molecule has 47 heavy (non-hydrogen) atoms. The number of rotatable bonds is 4. The van der Waals surface area contributed by atoms with Crippen LogP contribution >= 0.6 is 0 Å². The Morgan fingerprint density at radius 3 is 1.17 bits per heavy atom. The van der Waals surface area contributed by atoms with Crippen LogP contribution in [0.4, 0.5) is 0 Å². The lowest BCUT2D eigenvalue weighted by Gasteiger charge is -2.08. The molecule has 0 spiro atoms. The predicted octanol–water partition coefficient (Wildman–Crippen LogP) is 11.6. The van der Waals surface area contributed by atoms with Crippen molar-refractivity contribution in [3.8, 4) is 11.4 Å². The third kappa shape index (κ3) is 6.63. The first-order chi connectivity index (χ1) is 23.2. The summed E-state index contributed by atoms with van der Waals surface area (Å²) in [5.41, 5.74) is 8.13. The van der Waals surface area contributed by atoms with Crippen LogP contribution in [0, 0.1) is 0 Å². The zero-order valence-electron chi connectivity index (χ0n) is 27.4. The number of nitrogens with zero attached hydrogens (tertiary/aromatic N) is 2. The normalized spacial score (nSPS) is 10.4. The van der Waals surface area contributed by atoms with E-state index in [1.807, 2.05) is 74.5 Å². The number of hydrogen-bond acceptors (Lipinski definition) is 2. The number of aromatic nitrogens is 2. The van der Waals surface area contributed by atoms with Gasteiger partial charge in [0.2, 0.25) is 0 Å². The lowest BCUT2D eigenvalue weighted by atomic mass is 10.2. The van der Waals surface area contributed by atoms with Gasteiger partial charge in [-0.05, 0) is 60.7 Å². The number of hydrogen-bond donors (Lipinski definition) is 0. The molecule has 2 heterocycles. The monoisotopic (exact) mass is 616 g/mol. The summed E-state index contributed by atoms with van der Waals surface area (Å²) < 4.78 is 4.44. The van der Waals surface area contributed by atoms with E-state index in [9.17, 15) is 9.59 Å². The first-order valence-corrected chi connectivity index (χ1v) is 16.3. The topological polar surface area (TPSA) is 44.0 Å². The van der Waals surface area contributed by atoms with Gasteiger partial charge in [0.25, 0.3) is 0 Å². The largest absolute Gasteiger partial charge is 0.309 e. The molecule has 0 amide bonds. The van der Waals surface area contributed by atoms with Crippen molar-refractivity contribution in [2.75, 3.05) is 0 Å². The molecular formula is C43H40N2O2. The Kier molecular flexibility index (Phi) is 10.8. The van der Waals surface area contributed by atoms with Crippen LogP contribution in [0.1, 0.15) is 54.8 Å². The molecule has 0 unspecified atom stereocenters. The molecule has 0 saturated carbocycles. The van der Waals surface area contributed by atoms with Crippen LogP contribution in [-0.2, 0) is 0 Å². The average molecular weight is 617 g/mol. The van der Waals surface area contributed by atoms with Gasteiger partial charge >= 0.3 is 0 Å². The number of aldehydes is 2. The standard InChI is InChI=1S/2C19H13NO.C3H8.C2H6/c21-13-14-6-5-7-15(12-14)20-18-10-3-1-8-16(18)17-9-2-4-11-19(17)20;21-13-14-9-11-15(12-10-14)20-18-7-3-1-5-16(18)17-6-2-4-8-19(17)20;1-3-2;1-2/h2*1-13H;3H2,1-2H3;1-2H3. The van der Waals surface area contributed by atoms with E-state index < -0.39 is 0 Å². The van der Waals surface area contributed by atoms with Gasteiger partial charge in [-0.1, -0.05) is 119 Å². The van der Waals surface area contributed by atoms with Crippen LogP contribution in [0.15, 0.2) is 146 Å². The number of para-hydroxylation sites is 4. The maximum Gasteiger partial charge on any atom is 0.150 e. The minimum absolute atomic E-state index is 0.689. The summed E-state index contributed by atoms with van der Waals surface area (Å²) in [4.78, 5) is 21.9. The van der Waals surface area contributed by atoms with Gasteiger partial charge in [0.1, 0.15) is 12.6 Å². The molecule has 0 saturated heterocycles. The summed E-state index contributed by atoms with van der Waals surface area (Å²) in [7, 11) is 0. The molecule has 0 aliphatic rings. The molecule has 0 radical (unpaired) electrons. The van der Waals surface area contributed by atoms with Crippen LogP contribution in [0.3, 0.4) is 0 Å². The first kappa shape index (κ1) is 32.6. The van der Waals surface area contributed by atoms with E-state index in [1.165, 1.54) is 39.0 Å². The SMILES string of the molecule is CC.CCC.O=Cc1ccc(-n2c3ccccc3c3ccccc32)cc1.O=Cc1cccc(-n2c3ccccc3c3ccccc32)c1. The number of fused-ring (bicyclic) bond motifs is 6. The molecule has 0 aliphatic carbocycles. The molecule has 2 aromatic heterocycles. The Morgan fingerprint density at radius 1 is 0.426 bits per heavy atom. The quantitative estimate of drug-likeness (QED) is 0.185. The van der Waals surface area contributed by atoms with E-state index in [1.54, 1.807) is 0 Å². The Labute approximate surface area is 276 Å². The van der Waals surface area contributed by atoms with Gasteiger partial charge in [0.05, 0.1) is 22.1 Å². The molecule has 0 N–H and O–H groups in total. The van der Waals surface area contributed by atoms with E-state index in [4.69, 9.17) is 0 Å². The van der Waals surface area contributed by atoms with Gasteiger partial charge in [-0.2, -0.15) is 0 Å². The lowest BCUT2D eigenvalue weighted by molar-refractivity contribution is 0.111. The van der Waals surface area contributed by atoms with Crippen LogP contribution in [-0.4, -0.2) is 21.7 Å². The Morgan fingerprint density at radius 2 is 0.787 bits per heavy atom. The maximum absolute atomic E-state index is 11.0. The molecular weight excluding hydrogens is 576 g/mol. The summed E-state index contributed by atoms with van der Waals surface area (Å²) in [6, 6.07) is 48.9. The van der Waals surface area contributed by atoms with E-state index >= 15 is 0 Å². The molecule has 0 fully saturated rings. The predicted molar refractivity (Wildman–Crippen MR) is 200 cm³/mol. The van der Waals surface area contributed by atoms with Crippen LogP contribution in [0.25, 0.3) is 55.0 Å². The van der Waals surface area contributed by atoms with Crippen molar-refractivity contribution in [3.63, 3.8) is 0 Å². The highest BCUT2D eigenvalue weighted by Crippen LogP contribution is 2.33. The van der Waals surface area contributed by atoms with Crippen molar-refractivity contribution in [3.05, 3.63) is 157 Å². The fourth-order valence-corrected chi connectivity index (χ4v) is 5.84. The van der Waals surface area contributed by atoms with Crippen molar-refractivity contribution in [2.45, 2.75) is 34.1 Å². The Hall–Kier alpha value is -5.74. The van der Waals surface area contributed by atoms with E-state index in [0.717, 1.165) is 35.0 Å². The molecule has 0 atom stereocenters. The fourth-order valence-electron chi connectivity index (χ4n) is 5.84. The van der Waals surface area contributed by atoms with Gasteiger partial charge in [-0.3, -0.25) is 9.59 Å². The summed E-state index contributed by atoms with van der Waals surface area (Å²) in [5.74, 6) is 0. The minimum atomic E-state index is 0.689. The van der Waals surface area contributed by atoms with Gasteiger partial charge in [0, 0.05) is 44.0 Å². The fraction of sp³-hybridized carbons (Fsp3) is 0.116. The number of benzene rings is 6. The van der Waals surface area contributed by atoms with Gasteiger partial charge in [0.15, 0.2) is 0 Å². The second-order valence-corrected chi connectivity index (χ2v) is 10.9. The molecule has 0 aliphatic heterocycles. The molecule has 234 valence electrons. The van der Waals surface area contributed by atoms with E-state index in [2.05, 4.69) is 108 Å². The second-order valence-electron chi connectivity index (χ2n) is 10.9. The highest BCUT2D eigenvalue weighted by atomic mass is 16.1. The summed E-state index contributed by atoms with van der Waals surface area (Å²) in [6.07, 6.45) is 3.01. The van der Waals surface area contributed by atoms with Crippen LogP contribution in [0.2, 0.25) is 0 Å². The third-order valence-electron chi connectivity index (χ3n) is 7.71. The highest BCUT2D eigenvalue weighted by molar-refractivity contribution is 6.10. The van der Waals surface area contributed by atoms with Crippen molar-refractivity contribution in [1.82, 2.24) is 9.13 Å². The average Bonchev–Trinajstić information content (AvgIpc) is 3.66. The summed E-state index contributed by atoms with van der Waals surface area (Å²) in [5, 5.41) is 4.94. The van der Waals surface area contributed by atoms with Crippen LogP contribution in [0.5, 0.6) is 0 Å². The third-order valence-corrected chi connectivity index (χ3v) is 7.71. The van der Waals surface area contributed by atoms with Crippen molar-refractivity contribution in [2.24, 2.45) is 0 Å². The van der Waals surface area contributed by atoms with Crippen LogP contribution < -0.4 is 0 Å². The Bertz CT molecular complexity index is 2150. The Balaban J connectivity index is 0.000000163. The second kappa shape index (κ2) is 15.5. The van der Waals surface area contributed by atoms with Gasteiger partial charge in [-0.25, -0.2) is 0 Å². The maximum atomic E-state index is 11.0. The number of carbonyl (C=O) groups is 2. The van der Waals surface area contributed by atoms with Gasteiger partial charge in [-0.15, -0.1) is 0 Å². The molecule has 4 heteroatoms. The van der Waals surface area contributed by atoms with Crippen molar-refractivity contribution < 1.29 is 9.59 Å². The van der Waals surface area contributed by atoms with Crippen molar-refractivity contribution in [1.29, 1.82) is 0 Å². The summed E-state index contributed by atoms with van der Waals surface area (Å²) >= 11 is 0.